The molecule has 2 N–H and O–H groups in total. The number of rotatable bonds is 8. The molecule has 0 aromatic heterocycles. The Kier molecular flexibility index (Phi) is 6.65. The Morgan fingerprint density at radius 1 is 1.33 bits per heavy atom. The van der Waals surface area contributed by atoms with Crippen LogP contribution in [0.25, 0.3) is 0 Å². The Balaban J connectivity index is 2.10. The molecule has 1 aliphatic carbocycles. The molecule has 1 aliphatic rings. The average molecular weight is 256 g/mol. The topological polar surface area (TPSA) is 50.4 Å². The monoisotopic (exact) mass is 256 g/mol. The van der Waals surface area contributed by atoms with Crippen molar-refractivity contribution in [3.05, 3.63) is 0 Å². The zero-order valence-electron chi connectivity index (χ0n) is 12.1. The number of amides is 1. The van der Waals surface area contributed by atoms with Crippen LogP contribution in [0.2, 0.25) is 0 Å². The highest BCUT2D eigenvalue weighted by molar-refractivity contribution is 5.78. The number of hydrogen-bond acceptors (Lipinski definition) is 3. The van der Waals surface area contributed by atoms with Crippen LogP contribution in [0.5, 0.6) is 0 Å². The van der Waals surface area contributed by atoms with Crippen molar-refractivity contribution in [1.29, 1.82) is 0 Å². The van der Waals surface area contributed by atoms with E-state index in [0.717, 1.165) is 32.4 Å². The molecule has 0 heterocycles. The van der Waals surface area contributed by atoms with Gasteiger partial charge in [-0.25, -0.2) is 0 Å². The SMILES string of the molecule is COCCC(C)(C)CNCC(=O)NC1CCCC1. The highest BCUT2D eigenvalue weighted by atomic mass is 16.5. The molecule has 0 aromatic rings. The largest absolute Gasteiger partial charge is 0.385 e. The molecule has 0 saturated heterocycles. The van der Waals surface area contributed by atoms with Crippen LogP contribution in [0.1, 0.15) is 46.0 Å². The van der Waals surface area contributed by atoms with Crippen LogP contribution in [0.4, 0.5) is 0 Å². The Labute approximate surface area is 111 Å². The van der Waals surface area contributed by atoms with Gasteiger partial charge in [-0.05, 0) is 24.7 Å². The summed E-state index contributed by atoms with van der Waals surface area (Å²) in [6, 6.07) is 0.417. The van der Waals surface area contributed by atoms with Gasteiger partial charge in [0.1, 0.15) is 0 Å². The molecule has 1 saturated carbocycles. The van der Waals surface area contributed by atoms with Gasteiger partial charge in [0.05, 0.1) is 6.54 Å². The first-order valence-corrected chi connectivity index (χ1v) is 7.02. The van der Waals surface area contributed by atoms with E-state index in [9.17, 15) is 4.79 Å². The van der Waals surface area contributed by atoms with Gasteiger partial charge in [-0.15, -0.1) is 0 Å². The molecule has 0 aliphatic heterocycles. The van der Waals surface area contributed by atoms with Gasteiger partial charge in [-0.1, -0.05) is 26.7 Å². The van der Waals surface area contributed by atoms with Crippen molar-refractivity contribution in [3.8, 4) is 0 Å². The summed E-state index contributed by atoms with van der Waals surface area (Å²) in [7, 11) is 1.72. The van der Waals surface area contributed by atoms with Crippen LogP contribution in [-0.2, 0) is 9.53 Å². The predicted octanol–water partition coefficient (Wildman–Crippen LogP) is 1.70. The van der Waals surface area contributed by atoms with Crippen molar-refractivity contribution in [2.24, 2.45) is 5.41 Å². The minimum Gasteiger partial charge on any atom is -0.385 e. The van der Waals surface area contributed by atoms with Gasteiger partial charge >= 0.3 is 0 Å². The molecule has 106 valence electrons. The van der Waals surface area contributed by atoms with Crippen molar-refractivity contribution < 1.29 is 9.53 Å². The first-order valence-electron chi connectivity index (χ1n) is 7.02. The second-order valence-electron chi connectivity index (χ2n) is 6.06. The van der Waals surface area contributed by atoms with E-state index in [2.05, 4.69) is 24.5 Å². The quantitative estimate of drug-likeness (QED) is 0.695. The molecular formula is C14H28N2O2. The van der Waals surface area contributed by atoms with E-state index >= 15 is 0 Å². The number of methoxy groups -OCH3 is 1. The van der Waals surface area contributed by atoms with Gasteiger partial charge < -0.3 is 15.4 Å². The maximum atomic E-state index is 11.7. The fourth-order valence-electron chi connectivity index (χ4n) is 2.33. The lowest BCUT2D eigenvalue weighted by Gasteiger charge is -2.24. The minimum absolute atomic E-state index is 0.129. The van der Waals surface area contributed by atoms with Gasteiger partial charge in [0.25, 0.3) is 0 Å². The van der Waals surface area contributed by atoms with E-state index in [-0.39, 0.29) is 11.3 Å². The molecule has 0 radical (unpaired) electrons. The molecule has 4 nitrogen and oxygen atoms in total. The summed E-state index contributed by atoms with van der Waals surface area (Å²) < 4.78 is 5.09. The number of ether oxygens (including phenoxy) is 1. The van der Waals surface area contributed by atoms with E-state index in [4.69, 9.17) is 4.74 Å². The zero-order valence-corrected chi connectivity index (χ0v) is 12.1. The second kappa shape index (κ2) is 7.74. The molecule has 0 bridgehead atoms. The molecule has 0 aromatic carbocycles. The molecule has 4 heteroatoms. The smallest absolute Gasteiger partial charge is 0.234 e. The molecule has 1 fully saturated rings. The average Bonchev–Trinajstić information content (AvgIpc) is 2.79. The highest BCUT2D eigenvalue weighted by Crippen LogP contribution is 2.19. The maximum Gasteiger partial charge on any atom is 0.234 e. The molecular weight excluding hydrogens is 228 g/mol. The van der Waals surface area contributed by atoms with Gasteiger partial charge in [-0.3, -0.25) is 4.79 Å². The van der Waals surface area contributed by atoms with Crippen LogP contribution in [-0.4, -0.2) is 38.8 Å². The molecule has 0 atom stereocenters. The summed E-state index contributed by atoms with van der Waals surface area (Å²) in [5.74, 6) is 0.129. The molecule has 0 spiro atoms. The summed E-state index contributed by atoms with van der Waals surface area (Å²) >= 11 is 0. The fraction of sp³-hybridized carbons (Fsp3) is 0.929. The third-order valence-corrected chi connectivity index (χ3v) is 3.59. The minimum atomic E-state index is 0.129. The van der Waals surface area contributed by atoms with E-state index in [1.807, 2.05) is 0 Å². The van der Waals surface area contributed by atoms with Crippen LogP contribution in [0.15, 0.2) is 0 Å². The van der Waals surface area contributed by atoms with Crippen LogP contribution < -0.4 is 10.6 Å². The number of hydrogen-bond donors (Lipinski definition) is 2. The first kappa shape index (κ1) is 15.4. The number of carbonyl (C=O) groups excluding carboxylic acids is 1. The summed E-state index contributed by atoms with van der Waals surface area (Å²) in [6.45, 7) is 6.41. The Bertz CT molecular complexity index is 248. The summed E-state index contributed by atoms with van der Waals surface area (Å²) in [5.41, 5.74) is 0.170. The van der Waals surface area contributed by atoms with Gasteiger partial charge in [0, 0.05) is 26.3 Å². The molecule has 0 unspecified atom stereocenters. The van der Waals surface area contributed by atoms with Crippen LogP contribution in [0.3, 0.4) is 0 Å². The number of carbonyl (C=O) groups is 1. The first-order chi connectivity index (χ1) is 8.53. The van der Waals surface area contributed by atoms with Crippen molar-refractivity contribution in [2.45, 2.75) is 52.0 Å². The van der Waals surface area contributed by atoms with Crippen molar-refractivity contribution in [3.63, 3.8) is 0 Å². The van der Waals surface area contributed by atoms with Gasteiger partial charge in [-0.2, -0.15) is 0 Å². The molecule has 1 rings (SSSR count). The summed E-state index contributed by atoms with van der Waals surface area (Å²) in [6.07, 6.45) is 5.79. The normalized spacial score (nSPS) is 17.1. The lowest BCUT2D eigenvalue weighted by Crippen LogP contribution is -2.41. The Morgan fingerprint density at radius 2 is 2.00 bits per heavy atom. The Hall–Kier alpha value is -0.610. The molecule has 1 amide bonds. The second-order valence-corrected chi connectivity index (χ2v) is 6.06. The molecule has 18 heavy (non-hydrogen) atoms. The van der Waals surface area contributed by atoms with E-state index in [0.29, 0.717) is 12.6 Å². The van der Waals surface area contributed by atoms with Gasteiger partial charge in [0.2, 0.25) is 5.91 Å². The Morgan fingerprint density at radius 3 is 2.61 bits per heavy atom. The predicted molar refractivity (Wildman–Crippen MR) is 73.5 cm³/mol. The van der Waals surface area contributed by atoms with E-state index in [1.54, 1.807) is 7.11 Å². The zero-order chi connectivity index (χ0) is 13.4. The van der Waals surface area contributed by atoms with Crippen molar-refractivity contribution >= 4 is 5.91 Å². The highest BCUT2D eigenvalue weighted by Gasteiger charge is 2.19. The van der Waals surface area contributed by atoms with Crippen molar-refractivity contribution in [1.82, 2.24) is 10.6 Å². The maximum absolute atomic E-state index is 11.7. The van der Waals surface area contributed by atoms with E-state index < -0.39 is 0 Å². The third kappa shape index (κ3) is 6.36. The number of nitrogens with one attached hydrogen (secondary N) is 2. The fourth-order valence-corrected chi connectivity index (χ4v) is 2.33. The van der Waals surface area contributed by atoms with E-state index in [1.165, 1.54) is 12.8 Å². The summed E-state index contributed by atoms with van der Waals surface area (Å²) in [5, 5.41) is 6.32. The van der Waals surface area contributed by atoms with Crippen LogP contribution in [0, 0.1) is 5.41 Å². The third-order valence-electron chi connectivity index (χ3n) is 3.59. The summed E-state index contributed by atoms with van der Waals surface area (Å²) in [4.78, 5) is 11.7. The van der Waals surface area contributed by atoms with Gasteiger partial charge in [0.15, 0.2) is 0 Å². The van der Waals surface area contributed by atoms with Crippen LogP contribution >= 0.6 is 0 Å². The van der Waals surface area contributed by atoms with Crippen molar-refractivity contribution in [2.75, 3.05) is 26.8 Å². The standard InChI is InChI=1S/C14H28N2O2/c1-14(2,8-9-18-3)11-15-10-13(17)16-12-6-4-5-7-12/h12,15H,4-11H2,1-3H3,(H,16,17). The lowest BCUT2D eigenvalue weighted by molar-refractivity contribution is -0.120. The lowest BCUT2D eigenvalue weighted by atomic mass is 9.90.